The van der Waals surface area contributed by atoms with Crippen LogP contribution < -0.4 is 10.1 Å². The molecular weight excluding hydrogens is 540 g/mol. The summed E-state index contributed by atoms with van der Waals surface area (Å²) in [6.07, 6.45) is 3.85. The average molecular weight is 575 g/mol. The Balaban J connectivity index is 1.18. The van der Waals surface area contributed by atoms with Gasteiger partial charge in [-0.25, -0.2) is 0 Å². The van der Waals surface area contributed by atoms with Crippen molar-refractivity contribution < 1.29 is 19.1 Å². The summed E-state index contributed by atoms with van der Waals surface area (Å²) in [6, 6.07) is 16.9. The highest BCUT2D eigenvalue weighted by atomic mass is 35.5. The van der Waals surface area contributed by atoms with Crippen molar-refractivity contribution in [1.29, 1.82) is 0 Å². The summed E-state index contributed by atoms with van der Waals surface area (Å²) >= 11 is 6.10. The number of piperidine rings is 1. The van der Waals surface area contributed by atoms with Crippen LogP contribution in [0.2, 0.25) is 5.02 Å². The molecule has 0 aliphatic carbocycles. The molecule has 1 aliphatic rings. The van der Waals surface area contributed by atoms with Gasteiger partial charge in [0.2, 0.25) is 0 Å². The predicted octanol–water partition coefficient (Wildman–Crippen LogP) is 5.60. The van der Waals surface area contributed by atoms with Crippen LogP contribution in [0.25, 0.3) is 22.0 Å². The second-order valence-electron chi connectivity index (χ2n) is 10.4. The van der Waals surface area contributed by atoms with Gasteiger partial charge in [0.25, 0.3) is 11.8 Å². The molecule has 0 atom stereocenters. The van der Waals surface area contributed by atoms with Crippen molar-refractivity contribution in [2.75, 3.05) is 40.5 Å². The molecule has 3 aromatic carbocycles. The summed E-state index contributed by atoms with van der Waals surface area (Å²) in [7, 11) is 3.23. The minimum atomic E-state index is -0.106. The Morgan fingerprint density at radius 3 is 2.51 bits per heavy atom. The number of hydrogen-bond acceptors (Lipinski definition) is 5. The van der Waals surface area contributed by atoms with Crippen molar-refractivity contribution in [1.82, 2.24) is 20.0 Å². The van der Waals surface area contributed by atoms with E-state index in [1.165, 1.54) is 0 Å². The van der Waals surface area contributed by atoms with Crippen LogP contribution in [0.4, 0.5) is 0 Å². The number of aryl methyl sites for hydroxylation is 1. The molecule has 1 aromatic heterocycles. The molecule has 0 radical (unpaired) electrons. The molecule has 5 rings (SSSR count). The molecule has 0 saturated carbocycles. The zero-order valence-electron chi connectivity index (χ0n) is 23.7. The minimum Gasteiger partial charge on any atom is -0.496 e. The Hall–Kier alpha value is -3.88. The molecule has 1 saturated heterocycles. The van der Waals surface area contributed by atoms with E-state index in [1.807, 2.05) is 71.2 Å². The Bertz CT molecular complexity index is 1540. The third-order valence-corrected chi connectivity index (χ3v) is 8.03. The van der Waals surface area contributed by atoms with Gasteiger partial charge in [-0.1, -0.05) is 23.7 Å². The molecule has 4 aromatic rings. The second kappa shape index (κ2) is 12.7. The number of hydrogen-bond donors (Lipinski definition) is 1. The zero-order chi connectivity index (χ0) is 28.9. The van der Waals surface area contributed by atoms with Crippen LogP contribution in [0.15, 0.2) is 60.8 Å². The number of nitrogens with zero attached hydrogens (tertiary/aromatic N) is 3. The van der Waals surface area contributed by atoms with E-state index in [0.29, 0.717) is 54.1 Å². The number of carbonyl (C=O) groups is 2. The number of amides is 2. The Morgan fingerprint density at radius 1 is 1.05 bits per heavy atom. The number of aromatic nitrogens is 2. The largest absolute Gasteiger partial charge is 0.496 e. The number of methoxy groups -OCH3 is 2. The van der Waals surface area contributed by atoms with Gasteiger partial charge in [-0.15, -0.1) is 0 Å². The van der Waals surface area contributed by atoms with Gasteiger partial charge in [0.1, 0.15) is 5.75 Å². The molecule has 0 spiro atoms. The Morgan fingerprint density at radius 2 is 1.80 bits per heavy atom. The third kappa shape index (κ3) is 6.39. The van der Waals surface area contributed by atoms with Crippen LogP contribution in [0.1, 0.15) is 39.1 Å². The smallest absolute Gasteiger partial charge is 0.253 e. The summed E-state index contributed by atoms with van der Waals surface area (Å²) in [4.78, 5) is 27.7. The first-order valence-corrected chi connectivity index (χ1v) is 14.2. The molecule has 0 bridgehead atoms. The molecular formula is C32H35ClN4O4. The molecule has 9 heteroatoms. The quantitative estimate of drug-likeness (QED) is 0.263. The fourth-order valence-electron chi connectivity index (χ4n) is 5.44. The summed E-state index contributed by atoms with van der Waals surface area (Å²) in [6.45, 7) is 5.11. The van der Waals surface area contributed by atoms with Gasteiger partial charge in [-0.3, -0.25) is 14.3 Å². The van der Waals surface area contributed by atoms with Gasteiger partial charge in [0.15, 0.2) is 0 Å². The Labute approximate surface area is 245 Å². The lowest BCUT2D eigenvalue weighted by Crippen LogP contribution is -2.39. The summed E-state index contributed by atoms with van der Waals surface area (Å²) in [5, 5.41) is 9.25. The maximum Gasteiger partial charge on any atom is 0.253 e. The van der Waals surface area contributed by atoms with E-state index in [1.54, 1.807) is 20.3 Å². The van der Waals surface area contributed by atoms with Crippen molar-refractivity contribution in [3.8, 4) is 16.9 Å². The van der Waals surface area contributed by atoms with E-state index in [9.17, 15) is 9.59 Å². The lowest BCUT2D eigenvalue weighted by molar-refractivity contribution is 0.0681. The van der Waals surface area contributed by atoms with E-state index in [4.69, 9.17) is 26.2 Å². The monoisotopic (exact) mass is 574 g/mol. The number of rotatable bonds is 9. The maximum absolute atomic E-state index is 13.2. The fraction of sp³-hybridized carbons (Fsp3) is 0.344. The predicted molar refractivity (Wildman–Crippen MR) is 161 cm³/mol. The molecule has 0 unspecified atom stereocenters. The minimum absolute atomic E-state index is 0.0508. The molecule has 41 heavy (non-hydrogen) atoms. The molecule has 1 fully saturated rings. The van der Waals surface area contributed by atoms with Crippen LogP contribution in [-0.4, -0.2) is 67.0 Å². The lowest BCUT2D eigenvalue weighted by atomic mass is 9.96. The normalized spacial score (nSPS) is 13.9. The van der Waals surface area contributed by atoms with Crippen LogP contribution in [0.3, 0.4) is 0 Å². The van der Waals surface area contributed by atoms with Gasteiger partial charge < -0.3 is 19.7 Å². The number of nitrogens with one attached hydrogen (secondary N) is 1. The van der Waals surface area contributed by atoms with Crippen LogP contribution in [-0.2, 0) is 11.3 Å². The fourth-order valence-corrected chi connectivity index (χ4v) is 5.61. The SMILES string of the molecule is COCCNC(=O)c1ccc2nn(CC3CCN(C(=O)c4ccc(-c5ccc(Cl)cc5OC)cc4)CC3)cc2c1C. The van der Waals surface area contributed by atoms with Gasteiger partial charge in [0, 0.05) is 66.6 Å². The van der Waals surface area contributed by atoms with Crippen molar-refractivity contribution in [3.05, 3.63) is 82.5 Å². The number of benzene rings is 3. The lowest BCUT2D eigenvalue weighted by Gasteiger charge is -2.32. The maximum atomic E-state index is 13.2. The number of carbonyl (C=O) groups excluding carboxylic acids is 2. The molecule has 2 amide bonds. The van der Waals surface area contributed by atoms with Gasteiger partial charge >= 0.3 is 0 Å². The highest BCUT2D eigenvalue weighted by Gasteiger charge is 2.25. The number of ether oxygens (including phenoxy) is 2. The topological polar surface area (TPSA) is 85.7 Å². The standard InChI is InChI=1S/C32H35ClN4O4/c1-21-26(31(38)34-14-17-40-2)10-11-29-28(21)20-37(35-29)19-22-12-15-36(16-13-22)32(39)24-6-4-23(5-7-24)27-9-8-25(33)18-30(27)41-3/h4-11,18,20,22H,12-17,19H2,1-3H3,(H,34,38). The first kappa shape index (κ1) is 28.6. The van der Waals surface area contributed by atoms with E-state index < -0.39 is 0 Å². The van der Waals surface area contributed by atoms with Crippen LogP contribution in [0, 0.1) is 12.8 Å². The number of likely N-dealkylation sites (tertiary alicyclic amines) is 1. The first-order chi connectivity index (χ1) is 19.9. The van der Waals surface area contributed by atoms with Crippen molar-refractivity contribution in [2.24, 2.45) is 5.92 Å². The number of halogens is 1. The molecule has 1 aliphatic heterocycles. The summed E-state index contributed by atoms with van der Waals surface area (Å²) in [5.41, 5.74) is 5.03. The van der Waals surface area contributed by atoms with Crippen molar-refractivity contribution >= 4 is 34.3 Å². The highest BCUT2D eigenvalue weighted by molar-refractivity contribution is 6.30. The zero-order valence-corrected chi connectivity index (χ0v) is 24.4. The number of fused-ring (bicyclic) bond motifs is 1. The molecule has 1 N–H and O–H groups in total. The first-order valence-electron chi connectivity index (χ1n) is 13.8. The van der Waals surface area contributed by atoms with Crippen molar-refractivity contribution in [2.45, 2.75) is 26.3 Å². The van der Waals surface area contributed by atoms with Gasteiger partial charge in [0.05, 0.1) is 19.2 Å². The van der Waals surface area contributed by atoms with Gasteiger partial charge in [-0.05, 0) is 79.3 Å². The second-order valence-corrected chi connectivity index (χ2v) is 10.9. The molecule has 8 nitrogen and oxygen atoms in total. The Kier molecular flexibility index (Phi) is 8.90. The molecule has 214 valence electrons. The summed E-state index contributed by atoms with van der Waals surface area (Å²) < 4.78 is 12.5. The van der Waals surface area contributed by atoms with E-state index in [-0.39, 0.29) is 11.8 Å². The van der Waals surface area contributed by atoms with Crippen LogP contribution >= 0.6 is 11.6 Å². The molecule has 2 heterocycles. The average Bonchev–Trinajstić information content (AvgIpc) is 3.41. The van der Waals surface area contributed by atoms with E-state index in [2.05, 4.69) is 5.32 Å². The van der Waals surface area contributed by atoms with E-state index >= 15 is 0 Å². The van der Waals surface area contributed by atoms with Gasteiger partial charge in [-0.2, -0.15) is 5.10 Å². The van der Waals surface area contributed by atoms with Crippen molar-refractivity contribution in [3.63, 3.8) is 0 Å². The summed E-state index contributed by atoms with van der Waals surface area (Å²) in [5.74, 6) is 1.06. The third-order valence-electron chi connectivity index (χ3n) is 7.80. The highest BCUT2D eigenvalue weighted by Crippen LogP contribution is 2.33. The van der Waals surface area contributed by atoms with Crippen LogP contribution in [0.5, 0.6) is 5.75 Å². The van der Waals surface area contributed by atoms with E-state index in [0.717, 1.165) is 47.0 Å².